The summed E-state index contributed by atoms with van der Waals surface area (Å²) < 4.78 is 0. The third-order valence-electron chi connectivity index (χ3n) is 4.73. The van der Waals surface area contributed by atoms with Crippen molar-refractivity contribution in [3.8, 4) is 0 Å². The van der Waals surface area contributed by atoms with E-state index in [9.17, 15) is 20.1 Å². The minimum atomic E-state index is -1.09. The second kappa shape index (κ2) is 9.84. The Morgan fingerprint density at radius 2 is 1.76 bits per heavy atom. The molecule has 25 heavy (non-hydrogen) atoms. The van der Waals surface area contributed by atoms with Crippen LogP contribution in [-0.2, 0) is 11.2 Å². The maximum absolute atomic E-state index is 11.9. The third-order valence-corrected chi connectivity index (χ3v) is 4.73. The number of amides is 1. The molecule has 1 aromatic rings. The normalized spacial score (nSPS) is 26.7. The molecular formula is C18H28N2O5. The molecule has 0 aromatic heterocycles. The van der Waals surface area contributed by atoms with Crippen LogP contribution >= 0.6 is 0 Å². The van der Waals surface area contributed by atoms with Crippen LogP contribution in [0.5, 0.6) is 0 Å². The van der Waals surface area contributed by atoms with Crippen LogP contribution in [0.1, 0.15) is 18.4 Å². The quantitative estimate of drug-likeness (QED) is 0.385. The van der Waals surface area contributed by atoms with Crippen molar-refractivity contribution >= 4 is 5.91 Å². The number of hydrogen-bond donors (Lipinski definition) is 5. The van der Waals surface area contributed by atoms with Crippen LogP contribution in [0.4, 0.5) is 0 Å². The first-order valence-corrected chi connectivity index (χ1v) is 8.72. The lowest BCUT2D eigenvalue weighted by atomic mass is 10.1. The first-order valence-electron chi connectivity index (χ1n) is 8.72. The van der Waals surface area contributed by atoms with E-state index in [1.54, 1.807) is 0 Å². The molecule has 7 heteroatoms. The highest BCUT2D eigenvalue weighted by molar-refractivity contribution is 5.76. The Kier molecular flexibility index (Phi) is 7.80. The minimum absolute atomic E-state index is 0.0140. The number of carbonyl (C=O) groups is 1. The van der Waals surface area contributed by atoms with E-state index in [1.807, 2.05) is 35.2 Å². The topological polar surface area (TPSA) is 113 Å². The molecule has 4 unspecified atom stereocenters. The predicted molar refractivity (Wildman–Crippen MR) is 92.9 cm³/mol. The average Bonchev–Trinajstić information content (AvgIpc) is 2.85. The summed E-state index contributed by atoms with van der Waals surface area (Å²) in [5, 5.41) is 41.4. The molecule has 4 atom stereocenters. The van der Waals surface area contributed by atoms with Gasteiger partial charge in [0.1, 0.15) is 0 Å². The standard InChI is InChI=1S/C18H28N2O5/c21-10-8-19-16(23)11-14-17(24)18(25)15(12-22)20(14)9-4-7-13-5-2-1-3-6-13/h1-3,5-6,14-15,17-18,21-22,24-25H,4,7-12H2,(H,19,23). The van der Waals surface area contributed by atoms with E-state index in [0.717, 1.165) is 12.8 Å². The molecule has 140 valence electrons. The highest BCUT2D eigenvalue weighted by Crippen LogP contribution is 2.28. The lowest BCUT2D eigenvalue weighted by molar-refractivity contribution is -0.123. The van der Waals surface area contributed by atoms with Crippen molar-refractivity contribution in [2.75, 3.05) is 26.3 Å². The van der Waals surface area contributed by atoms with Gasteiger partial charge in [-0.05, 0) is 24.9 Å². The lowest BCUT2D eigenvalue weighted by Crippen LogP contribution is -2.44. The van der Waals surface area contributed by atoms with Crippen molar-refractivity contribution in [3.05, 3.63) is 35.9 Å². The van der Waals surface area contributed by atoms with Crippen molar-refractivity contribution in [1.29, 1.82) is 0 Å². The number of hydrogen-bond acceptors (Lipinski definition) is 6. The van der Waals surface area contributed by atoms with Gasteiger partial charge in [-0.15, -0.1) is 0 Å². The molecule has 1 aromatic carbocycles. The Balaban J connectivity index is 1.97. The van der Waals surface area contributed by atoms with Gasteiger partial charge in [0.05, 0.1) is 31.5 Å². The van der Waals surface area contributed by atoms with Crippen molar-refractivity contribution in [3.63, 3.8) is 0 Å². The minimum Gasteiger partial charge on any atom is -0.395 e. The number of aliphatic hydroxyl groups excluding tert-OH is 4. The zero-order chi connectivity index (χ0) is 18.2. The molecule has 0 aliphatic carbocycles. The second-order valence-corrected chi connectivity index (χ2v) is 6.40. The second-order valence-electron chi connectivity index (χ2n) is 6.40. The molecule has 1 aliphatic heterocycles. The summed E-state index contributed by atoms with van der Waals surface area (Å²) in [5.41, 5.74) is 1.19. The number of carbonyl (C=O) groups excluding carboxylic acids is 1. The number of benzene rings is 1. The van der Waals surface area contributed by atoms with Crippen molar-refractivity contribution < 1.29 is 25.2 Å². The van der Waals surface area contributed by atoms with Crippen molar-refractivity contribution in [2.45, 2.75) is 43.6 Å². The van der Waals surface area contributed by atoms with Gasteiger partial charge >= 0.3 is 0 Å². The Morgan fingerprint density at radius 3 is 2.40 bits per heavy atom. The van der Waals surface area contributed by atoms with Gasteiger partial charge in [-0.2, -0.15) is 0 Å². The molecule has 1 saturated heterocycles. The van der Waals surface area contributed by atoms with Gasteiger partial charge in [-0.25, -0.2) is 0 Å². The third kappa shape index (κ3) is 5.23. The fourth-order valence-corrected chi connectivity index (χ4v) is 3.44. The van der Waals surface area contributed by atoms with Crippen LogP contribution < -0.4 is 5.32 Å². The number of aryl methyl sites for hydroxylation is 1. The summed E-state index contributed by atoms with van der Waals surface area (Å²) in [7, 11) is 0. The molecular weight excluding hydrogens is 324 g/mol. The van der Waals surface area contributed by atoms with Gasteiger partial charge in [-0.1, -0.05) is 30.3 Å². The van der Waals surface area contributed by atoms with E-state index in [2.05, 4.69) is 5.32 Å². The number of nitrogens with zero attached hydrogens (tertiary/aromatic N) is 1. The molecule has 7 nitrogen and oxygen atoms in total. The van der Waals surface area contributed by atoms with E-state index in [4.69, 9.17) is 5.11 Å². The summed E-state index contributed by atoms with van der Waals surface area (Å²) in [6, 6.07) is 8.85. The molecule has 1 fully saturated rings. The molecule has 0 saturated carbocycles. The molecule has 0 bridgehead atoms. The zero-order valence-corrected chi connectivity index (χ0v) is 14.3. The summed E-state index contributed by atoms with van der Waals surface area (Å²) in [6.07, 6.45) is -0.536. The lowest BCUT2D eigenvalue weighted by Gasteiger charge is -2.29. The van der Waals surface area contributed by atoms with Gasteiger partial charge in [0.25, 0.3) is 0 Å². The highest BCUT2D eigenvalue weighted by atomic mass is 16.3. The SMILES string of the molecule is O=C(CC1C(O)C(O)C(CO)N1CCCc1ccccc1)NCCO. The van der Waals surface area contributed by atoms with Gasteiger partial charge in [0.2, 0.25) is 5.91 Å². The summed E-state index contributed by atoms with van der Waals surface area (Å²) in [6.45, 7) is 0.286. The van der Waals surface area contributed by atoms with E-state index < -0.39 is 24.3 Å². The van der Waals surface area contributed by atoms with E-state index >= 15 is 0 Å². The van der Waals surface area contributed by atoms with Crippen molar-refractivity contribution in [1.82, 2.24) is 10.2 Å². The van der Waals surface area contributed by atoms with Gasteiger partial charge in [0, 0.05) is 19.0 Å². The fraction of sp³-hybridized carbons (Fsp3) is 0.611. The molecule has 0 radical (unpaired) electrons. The van der Waals surface area contributed by atoms with Gasteiger partial charge in [-0.3, -0.25) is 9.69 Å². The first-order chi connectivity index (χ1) is 12.1. The average molecular weight is 352 g/mol. The van der Waals surface area contributed by atoms with Crippen LogP contribution in [0.25, 0.3) is 0 Å². The number of likely N-dealkylation sites (tertiary alicyclic amines) is 1. The monoisotopic (exact) mass is 352 g/mol. The predicted octanol–water partition coefficient (Wildman–Crippen LogP) is -1.12. The Hall–Kier alpha value is -1.51. The number of rotatable bonds is 9. The maximum Gasteiger partial charge on any atom is 0.221 e. The van der Waals surface area contributed by atoms with Crippen LogP contribution in [-0.4, -0.2) is 81.8 Å². The Labute approximate surface area is 147 Å². The Morgan fingerprint density at radius 1 is 1.08 bits per heavy atom. The largest absolute Gasteiger partial charge is 0.395 e. The highest BCUT2D eigenvalue weighted by Gasteiger charge is 2.47. The maximum atomic E-state index is 11.9. The summed E-state index contributed by atoms with van der Waals surface area (Å²) in [4.78, 5) is 13.8. The number of nitrogens with one attached hydrogen (secondary N) is 1. The van der Waals surface area contributed by atoms with Crippen LogP contribution in [0.2, 0.25) is 0 Å². The van der Waals surface area contributed by atoms with Crippen LogP contribution in [0.3, 0.4) is 0 Å². The van der Waals surface area contributed by atoms with Crippen molar-refractivity contribution in [2.24, 2.45) is 0 Å². The van der Waals surface area contributed by atoms with E-state index in [1.165, 1.54) is 5.56 Å². The van der Waals surface area contributed by atoms with Gasteiger partial charge < -0.3 is 25.7 Å². The molecule has 0 spiro atoms. The molecule has 1 amide bonds. The molecule has 5 N–H and O–H groups in total. The smallest absolute Gasteiger partial charge is 0.221 e. The zero-order valence-electron chi connectivity index (χ0n) is 14.3. The summed E-state index contributed by atoms with van der Waals surface area (Å²) >= 11 is 0. The fourth-order valence-electron chi connectivity index (χ4n) is 3.44. The van der Waals surface area contributed by atoms with Gasteiger partial charge in [0.15, 0.2) is 0 Å². The Bertz CT molecular complexity index is 527. The summed E-state index contributed by atoms with van der Waals surface area (Å²) in [5.74, 6) is -0.294. The molecule has 1 heterocycles. The number of aliphatic hydroxyl groups is 4. The molecule has 1 aliphatic rings. The molecule has 2 rings (SSSR count). The van der Waals surface area contributed by atoms with Crippen LogP contribution in [0.15, 0.2) is 30.3 Å². The van der Waals surface area contributed by atoms with E-state index in [-0.39, 0.29) is 32.1 Å². The van der Waals surface area contributed by atoms with Crippen LogP contribution in [0, 0.1) is 0 Å². The first kappa shape index (κ1) is 19.8. The van der Waals surface area contributed by atoms with E-state index in [0.29, 0.717) is 6.54 Å².